The first-order valence-electron chi connectivity index (χ1n) is 8.50. The van der Waals surface area contributed by atoms with Crippen LogP contribution in [0, 0.1) is 5.92 Å². The van der Waals surface area contributed by atoms with E-state index in [1.54, 1.807) is 0 Å². The maximum atomic E-state index is 12.4. The number of hydrogen-bond acceptors (Lipinski definition) is 4. The third kappa shape index (κ3) is 6.29. The lowest BCUT2D eigenvalue weighted by Crippen LogP contribution is -2.50. The van der Waals surface area contributed by atoms with Crippen molar-refractivity contribution in [2.45, 2.75) is 65.5 Å². The van der Waals surface area contributed by atoms with Crippen LogP contribution in [0.15, 0.2) is 0 Å². The molecular formula is C17H30N2O4. The highest BCUT2D eigenvalue weighted by Crippen LogP contribution is 2.19. The number of aliphatic carboxylic acids is 1. The zero-order valence-electron chi connectivity index (χ0n) is 14.7. The molecule has 6 nitrogen and oxygen atoms in total. The SMILES string of the molecule is CC(C)C(=O)CCC(=O)N(CC(=O)O)C1CCN(C(C)C)CC1. The summed E-state index contributed by atoms with van der Waals surface area (Å²) in [5, 5.41) is 9.10. The number of nitrogens with zero attached hydrogens (tertiary/aromatic N) is 2. The van der Waals surface area contributed by atoms with E-state index in [2.05, 4.69) is 18.7 Å². The standard InChI is InChI=1S/C17H30N2O4/c1-12(2)15(20)5-6-16(21)19(11-17(22)23)14-7-9-18(10-8-14)13(3)4/h12-14H,5-11H2,1-4H3,(H,22,23). The summed E-state index contributed by atoms with van der Waals surface area (Å²) >= 11 is 0. The van der Waals surface area contributed by atoms with Crippen LogP contribution in [0.5, 0.6) is 0 Å². The van der Waals surface area contributed by atoms with Gasteiger partial charge >= 0.3 is 5.97 Å². The zero-order valence-corrected chi connectivity index (χ0v) is 14.7. The van der Waals surface area contributed by atoms with Crippen LogP contribution in [0.2, 0.25) is 0 Å². The fourth-order valence-corrected chi connectivity index (χ4v) is 2.94. The number of carboxylic acids is 1. The van der Waals surface area contributed by atoms with Gasteiger partial charge in [-0.2, -0.15) is 0 Å². The number of ketones is 1. The zero-order chi connectivity index (χ0) is 17.6. The van der Waals surface area contributed by atoms with Gasteiger partial charge in [0.25, 0.3) is 0 Å². The van der Waals surface area contributed by atoms with E-state index in [9.17, 15) is 14.4 Å². The van der Waals surface area contributed by atoms with Crippen molar-refractivity contribution in [2.24, 2.45) is 5.92 Å². The minimum atomic E-state index is -1.00. The molecule has 1 fully saturated rings. The molecule has 0 radical (unpaired) electrons. The summed E-state index contributed by atoms with van der Waals surface area (Å²) < 4.78 is 0. The van der Waals surface area contributed by atoms with Gasteiger partial charge in [-0.05, 0) is 26.7 Å². The number of hydrogen-bond donors (Lipinski definition) is 1. The van der Waals surface area contributed by atoms with E-state index in [1.807, 2.05) is 13.8 Å². The van der Waals surface area contributed by atoms with Gasteiger partial charge in [0.2, 0.25) is 5.91 Å². The van der Waals surface area contributed by atoms with Crippen molar-refractivity contribution in [1.82, 2.24) is 9.80 Å². The Hall–Kier alpha value is -1.43. The predicted octanol–water partition coefficient (Wildman–Crippen LogP) is 1.78. The third-order valence-electron chi connectivity index (χ3n) is 4.53. The number of carboxylic acid groups (broad SMARTS) is 1. The molecule has 1 aliphatic heterocycles. The number of piperidine rings is 1. The number of carbonyl (C=O) groups excluding carboxylic acids is 2. The number of carbonyl (C=O) groups is 3. The van der Waals surface area contributed by atoms with Gasteiger partial charge in [0, 0.05) is 43.9 Å². The van der Waals surface area contributed by atoms with Crippen LogP contribution in [-0.4, -0.2) is 64.3 Å². The van der Waals surface area contributed by atoms with Crippen LogP contribution in [0.1, 0.15) is 53.4 Å². The van der Waals surface area contributed by atoms with Crippen LogP contribution in [0.4, 0.5) is 0 Å². The molecule has 0 atom stereocenters. The van der Waals surface area contributed by atoms with Crippen molar-refractivity contribution in [1.29, 1.82) is 0 Å². The van der Waals surface area contributed by atoms with Gasteiger partial charge in [-0.25, -0.2) is 0 Å². The summed E-state index contributed by atoms with van der Waals surface area (Å²) in [7, 11) is 0. The van der Waals surface area contributed by atoms with Gasteiger partial charge < -0.3 is 14.9 Å². The van der Waals surface area contributed by atoms with Crippen molar-refractivity contribution < 1.29 is 19.5 Å². The van der Waals surface area contributed by atoms with Crippen molar-refractivity contribution in [3.63, 3.8) is 0 Å². The molecule has 1 rings (SSSR count). The normalized spacial score (nSPS) is 16.8. The van der Waals surface area contributed by atoms with Gasteiger partial charge in [-0.15, -0.1) is 0 Å². The van der Waals surface area contributed by atoms with E-state index in [1.165, 1.54) is 4.90 Å². The average molecular weight is 326 g/mol. The van der Waals surface area contributed by atoms with Crippen molar-refractivity contribution in [2.75, 3.05) is 19.6 Å². The van der Waals surface area contributed by atoms with Gasteiger partial charge in [-0.1, -0.05) is 13.8 Å². The van der Waals surface area contributed by atoms with Crippen molar-refractivity contribution in [3.8, 4) is 0 Å². The first-order chi connectivity index (χ1) is 10.7. The summed E-state index contributed by atoms with van der Waals surface area (Å²) in [4.78, 5) is 39.0. The van der Waals surface area contributed by atoms with Crippen LogP contribution in [0.25, 0.3) is 0 Å². The quantitative estimate of drug-likeness (QED) is 0.735. The van der Waals surface area contributed by atoms with Gasteiger partial charge in [0.05, 0.1) is 0 Å². The molecule has 0 bridgehead atoms. The molecule has 0 saturated carbocycles. The maximum absolute atomic E-state index is 12.4. The molecule has 1 N–H and O–H groups in total. The lowest BCUT2D eigenvalue weighted by Gasteiger charge is -2.39. The summed E-state index contributed by atoms with van der Waals surface area (Å²) in [6.45, 7) is 9.36. The van der Waals surface area contributed by atoms with Crippen LogP contribution < -0.4 is 0 Å². The Labute approximate surface area is 138 Å². The second-order valence-corrected chi connectivity index (χ2v) is 6.90. The number of rotatable bonds is 8. The Balaban J connectivity index is 2.63. The average Bonchev–Trinajstić information content (AvgIpc) is 2.49. The Kier molecular flexibility index (Phi) is 7.68. The van der Waals surface area contributed by atoms with E-state index < -0.39 is 5.97 Å². The lowest BCUT2D eigenvalue weighted by atomic mass is 10.00. The van der Waals surface area contributed by atoms with Crippen molar-refractivity contribution in [3.05, 3.63) is 0 Å². The smallest absolute Gasteiger partial charge is 0.323 e. The summed E-state index contributed by atoms with van der Waals surface area (Å²) in [6, 6.07) is 0.422. The minimum absolute atomic E-state index is 0.0391. The van der Waals surface area contributed by atoms with Crippen molar-refractivity contribution >= 4 is 17.7 Å². The second-order valence-electron chi connectivity index (χ2n) is 6.90. The molecule has 1 heterocycles. The fraction of sp³-hybridized carbons (Fsp3) is 0.824. The number of amides is 1. The Bertz CT molecular complexity index is 426. The van der Waals surface area contributed by atoms with E-state index >= 15 is 0 Å². The highest BCUT2D eigenvalue weighted by atomic mass is 16.4. The molecule has 0 spiro atoms. The van der Waals surface area contributed by atoms with E-state index in [-0.39, 0.29) is 43.0 Å². The molecule has 0 aromatic heterocycles. The van der Waals surface area contributed by atoms with E-state index in [0.29, 0.717) is 6.04 Å². The van der Waals surface area contributed by atoms with Gasteiger partial charge in [0.15, 0.2) is 0 Å². The van der Waals surface area contributed by atoms with Crippen LogP contribution in [0.3, 0.4) is 0 Å². The maximum Gasteiger partial charge on any atom is 0.323 e. The molecule has 132 valence electrons. The van der Waals surface area contributed by atoms with Crippen LogP contribution >= 0.6 is 0 Å². The minimum Gasteiger partial charge on any atom is -0.480 e. The highest BCUT2D eigenvalue weighted by Gasteiger charge is 2.30. The largest absolute Gasteiger partial charge is 0.480 e. The third-order valence-corrected chi connectivity index (χ3v) is 4.53. The summed E-state index contributed by atoms with van der Waals surface area (Å²) in [6.07, 6.45) is 1.87. The molecule has 23 heavy (non-hydrogen) atoms. The molecule has 6 heteroatoms. The molecule has 0 aliphatic carbocycles. The number of Topliss-reactive ketones (excluding diaryl/α,β-unsaturated/α-hetero) is 1. The van der Waals surface area contributed by atoms with Gasteiger partial charge in [-0.3, -0.25) is 14.4 Å². The topological polar surface area (TPSA) is 77.9 Å². The fourth-order valence-electron chi connectivity index (χ4n) is 2.94. The van der Waals surface area contributed by atoms with E-state index in [4.69, 9.17) is 5.11 Å². The Morgan fingerprint density at radius 3 is 2.09 bits per heavy atom. The molecule has 1 aliphatic rings. The van der Waals surface area contributed by atoms with Crippen LogP contribution in [-0.2, 0) is 14.4 Å². The summed E-state index contributed by atoms with van der Waals surface area (Å²) in [5.74, 6) is -1.27. The molecule has 0 aromatic rings. The lowest BCUT2D eigenvalue weighted by molar-refractivity contribution is -0.147. The first-order valence-corrected chi connectivity index (χ1v) is 8.50. The summed E-state index contributed by atoms with van der Waals surface area (Å²) in [5.41, 5.74) is 0. The first kappa shape index (κ1) is 19.6. The molecule has 1 saturated heterocycles. The highest BCUT2D eigenvalue weighted by molar-refractivity contribution is 5.87. The molecular weight excluding hydrogens is 296 g/mol. The van der Waals surface area contributed by atoms with Gasteiger partial charge in [0.1, 0.15) is 12.3 Å². The predicted molar refractivity (Wildman–Crippen MR) is 88.2 cm³/mol. The Morgan fingerprint density at radius 1 is 1.09 bits per heavy atom. The molecule has 1 amide bonds. The Morgan fingerprint density at radius 2 is 1.65 bits per heavy atom. The number of likely N-dealkylation sites (tertiary alicyclic amines) is 1. The second kappa shape index (κ2) is 9.01. The molecule has 0 unspecified atom stereocenters. The monoisotopic (exact) mass is 326 g/mol. The van der Waals surface area contributed by atoms with E-state index in [0.717, 1.165) is 25.9 Å². The molecule has 0 aromatic carbocycles.